The summed E-state index contributed by atoms with van der Waals surface area (Å²) in [5.74, 6) is 0.457. The van der Waals surface area contributed by atoms with E-state index in [4.69, 9.17) is 4.42 Å². The van der Waals surface area contributed by atoms with Gasteiger partial charge in [-0.05, 0) is 37.6 Å². The van der Waals surface area contributed by atoms with E-state index in [-0.39, 0.29) is 15.8 Å². The molecule has 0 spiro atoms. The highest BCUT2D eigenvalue weighted by Crippen LogP contribution is 2.33. The second kappa shape index (κ2) is 6.49. The largest absolute Gasteiger partial charge is 0.419 e. The van der Waals surface area contributed by atoms with Crippen molar-refractivity contribution >= 4 is 15.7 Å². The number of anilines is 1. The van der Waals surface area contributed by atoms with Gasteiger partial charge in [0, 0.05) is 12.1 Å². The third-order valence-electron chi connectivity index (χ3n) is 3.62. The van der Waals surface area contributed by atoms with Crippen LogP contribution in [-0.2, 0) is 9.84 Å². The number of sulfone groups is 1. The average molecular weight is 342 g/mol. The predicted molar refractivity (Wildman–Crippen MR) is 92.7 cm³/mol. The number of hydrogen-bond acceptors (Lipinski definition) is 5. The first-order valence-electron chi connectivity index (χ1n) is 7.65. The molecule has 0 radical (unpaired) electrons. The van der Waals surface area contributed by atoms with Crippen molar-refractivity contribution in [2.24, 2.45) is 0 Å². The predicted octanol–water partition coefficient (Wildman–Crippen LogP) is 3.91. The lowest BCUT2D eigenvalue weighted by Crippen LogP contribution is -2.07. The summed E-state index contributed by atoms with van der Waals surface area (Å²) in [6.45, 7) is 4.33. The van der Waals surface area contributed by atoms with Crippen LogP contribution in [0.1, 0.15) is 12.5 Å². The Hall–Kier alpha value is -2.60. The van der Waals surface area contributed by atoms with Gasteiger partial charge in [-0.2, -0.15) is 4.98 Å². The van der Waals surface area contributed by atoms with Crippen LogP contribution in [0.3, 0.4) is 0 Å². The summed E-state index contributed by atoms with van der Waals surface area (Å²) in [5, 5.41) is 2.86. The van der Waals surface area contributed by atoms with Gasteiger partial charge in [0.25, 0.3) is 0 Å². The molecule has 0 saturated heterocycles. The van der Waals surface area contributed by atoms with Crippen LogP contribution in [-0.4, -0.2) is 19.9 Å². The van der Waals surface area contributed by atoms with Crippen molar-refractivity contribution in [3.05, 3.63) is 60.2 Å². The van der Waals surface area contributed by atoms with Gasteiger partial charge in [0.1, 0.15) is 0 Å². The summed E-state index contributed by atoms with van der Waals surface area (Å²) in [7, 11) is -3.76. The minimum absolute atomic E-state index is 0.0891. The van der Waals surface area contributed by atoms with Gasteiger partial charge in [-0.3, -0.25) is 0 Å². The summed E-state index contributed by atoms with van der Waals surface area (Å²) in [6.07, 6.45) is 0. The number of aryl methyl sites for hydroxylation is 1. The molecule has 2 aromatic carbocycles. The van der Waals surface area contributed by atoms with Crippen molar-refractivity contribution in [2.75, 3.05) is 11.9 Å². The molecule has 0 unspecified atom stereocenters. The number of rotatable bonds is 5. The number of oxazole rings is 1. The number of nitrogens with zero attached hydrogens (tertiary/aromatic N) is 1. The maximum absolute atomic E-state index is 12.9. The Morgan fingerprint density at radius 2 is 1.71 bits per heavy atom. The van der Waals surface area contributed by atoms with E-state index in [9.17, 15) is 8.42 Å². The molecule has 1 heterocycles. The summed E-state index contributed by atoms with van der Waals surface area (Å²) in [6, 6.07) is 15.8. The number of hydrogen-bond donors (Lipinski definition) is 1. The molecule has 0 atom stereocenters. The summed E-state index contributed by atoms with van der Waals surface area (Å²) in [4.78, 5) is 4.48. The van der Waals surface area contributed by atoms with Crippen molar-refractivity contribution in [3.8, 4) is 11.5 Å². The molecular weight excluding hydrogens is 324 g/mol. The van der Waals surface area contributed by atoms with E-state index in [2.05, 4.69) is 10.3 Å². The first kappa shape index (κ1) is 16.3. The van der Waals surface area contributed by atoms with E-state index in [0.29, 0.717) is 12.4 Å². The Morgan fingerprint density at radius 3 is 2.38 bits per heavy atom. The highest BCUT2D eigenvalue weighted by atomic mass is 32.2. The van der Waals surface area contributed by atoms with Gasteiger partial charge >= 0.3 is 0 Å². The van der Waals surface area contributed by atoms with Gasteiger partial charge < -0.3 is 9.73 Å². The van der Waals surface area contributed by atoms with E-state index in [1.165, 1.54) is 0 Å². The Bertz CT molecular complexity index is 947. The van der Waals surface area contributed by atoms with Crippen LogP contribution in [0.5, 0.6) is 0 Å². The molecule has 0 aliphatic rings. The smallest absolute Gasteiger partial charge is 0.233 e. The lowest BCUT2D eigenvalue weighted by Gasteiger charge is -2.03. The Morgan fingerprint density at radius 1 is 1.04 bits per heavy atom. The molecule has 1 aromatic heterocycles. The molecule has 3 rings (SSSR count). The summed E-state index contributed by atoms with van der Waals surface area (Å²) < 4.78 is 31.5. The lowest BCUT2D eigenvalue weighted by molar-refractivity contribution is 0.578. The molecule has 0 aliphatic heterocycles. The van der Waals surface area contributed by atoms with E-state index in [0.717, 1.165) is 11.1 Å². The molecule has 6 heteroatoms. The zero-order valence-corrected chi connectivity index (χ0v) is 14.3. The molecule has 1 N–H and O–H groups in total. The van der Waals surface area contributed by atoms with Crippen molar-refractivity contribution < 1.29 is 12.8 Å². The quantitative estimate of drug-likeness (QED) is 0.761. The van der Waals surface area contributed by atoms with Crippen LogP contribution in [0.25, 0.3) is 11.5 Å². The maximum Gasteiger partial charge on any atom is 0.233 e. The molecule has 0 bridgehead atoms. The van der Waals surface area contributed by atoms with Gasteiger partial charge in [0.15, 0.2) is 0 Å². The van der Waals surface area contributed by atoms with Crippen LogP contribution in [0, 0.1) is 6.92 Å². The van der Waals surface area contributed by atoms with Crippen LogP contribution in [0.15, 0.2) is 68.9 Å². The second-order valence-electron chi connectivity index (χ2n) is 5.32. The molecular formula is C18H18N2O3S. The standard InChI is InChI=1S/C18H18N2O3S/c1-3-19-17-18(24(21,22)14-10-5-4-6-11-14)20-16(23-17)15-12-8-7-9-13(15)2/h4-12,19H,3H2,1-2H3. The van der Waals surface area contributed by atoms with Crippen molar-refractivity contribution in [1.82, 2.24) is 4.98 Å². The average Bonchev–Trinajstić information content (AvgIpc) is 3.01. The van der Waals surface area contributed by atoms with E-state index >= 15 is 0 Å². The van der Waals surface area contributed by atoms with Gasteiger partial charge in [-0.1, -0.05) is 36.4 Å². The topological polar surface area (TPSA) is 72.2 Å². The Balaban J connectivity index is 2.16. The molecule has 0 amide bonds. The van der Waals surface area contributed by atoms with E-state index in [1.54, 1.807) is 30.3 Å². The highest BCUT2D eigenvalue weighted by Gasteiger charge is 2.28. The highest BCUT2D eigenvalue weighted by molar-refractivity contribution is 7.91. The van der Waals surface area contributed by atoms with Gasteiger partial charge in [0.05, 0.1) is 4.90 Å². The SMILES string of the molecule is CCNc1oc(-c2ccccc2C)nc1S(=O)(=O)c1ccccc1. The van der Waals surface area contributed by atoms with Gasteiger partial charge in [-0.15, -0.1) is 0 Å². The summed E-state index contributed by atoms with van der Waals surface area (Å²) >= 11 is 0. The van der Waals surface area contributed by atoms with Crippen molar-refractivity contribution in [3.63, 3.8) is 0 Å². The fourth-order valence-corrected chi connectivity index (χ4v) is 3.70. The molecule has 3 aromatic rings. The Labute approximate surface area is 141 Å². The summed E-state index contributed by atoms with van der Waals surface area (Å²) in [5.41, 5.74) is 1.73. The third-order valence-corrected chi connectivity index (χ3v) is 5.30. The van der Waals surface area contributed by atoms with E-state index < -0.39 is 9.84 Å². The number of aromatic nitrogens is 1. The van der Waals surface area contributed by atoms with Gasteiger partial charge in [0.2, 0.25) is 26.6 Å². The molecule has 5 nitrogen and oxygen atoms in total. The zero-order chi connectivity index (χ0) is 17.2. The first-order chi connectivity index (χ1) is 11.5. The Kier molecular flexibility index (Phi) is 4.40. The third kappa shape index (κ3) is 2.92. The molecule has 0 fully saturated rings. The van der Waals surface area contributed by atoms with Crippen LogP contribution in [0.2, 0.25) is 0 Å². The van der Waals surface area contributed by atoms with E-state index in [1.807, 2.05) is 38.1 Å². The van der Waals surface area contributed by atoms with Gasteiger partial charge in [-0.25, -0.2) is 8.42 Å². The number of benzene rings is 2. The minimum atomic E-state index is -3.76. The van der Waals surface area contributed by atoms with Crippen LogP contribution in [0.4, 0.5) is 5.88 Å². The molecule has 24 heavy (non-hydrogen) atoms. The van der Waals surface area contributed by atoms with Crippen molar-refractivity contribution in [1.29, 1.82) is 0 Å². The minimum Gasteiger partial charge on any atom is -0.419 e. The van der Waals surface area contributed by atoms with Crippen molar-refractivity contribution in [2.45, 2.75) is 23.8 Å². The van der Waals surface area contributed by atoms with Crippen LogP contribution < -0.4 is 5.32 Å². The lowest BCUT2D eigenvalue weighted by atomic mass is 10.1. The fraction of sp³-hybridized carbons (Fsp3) is 0.167. The van der Waals surface area contributed by atoms with Crippen LogP contribution >= 0.6 is 0 Å². The first-order valence-corrected chi connectivity index (χ1v) is 9.13. The molecule has 0 saturated carbocycles. The zero-order valence-electron chi connectivity index (χ0n) is 13.5. The monoisotopic (exact) mass is 342 g/mol. The second-order valence-corrected chi connectivity index (χ2v) is 7.18. The molecule has 124 valence electrons. The number of nitrogens with one attached hydrogen (secondary N) is 1. The fourth-order valence-electron chi connectivity index (χ4n) is 2.40. The maximum atomic E-state index is 12.9. The molecule has 0 aliphatic carbocycles. The normalized spacial score (nSPS) is 11.4.